The smallest absolute Gasteiger partial charge is 0.323 e. The normalized spacial score (nSPS) is 16.4. The molecule has 10 heteroatoms. The molecule has 40 heavy (non-hydrogen) atoms. The highest BCUT2D eigenvalue weighted by Crippen LogP contribution is 2.45. The van der Waals surface area contributed by atoms with Gasteiger partial charge < -0.3 is 19.7 Å². The van der Waals surface area contributed by atoms with Gasteiger partial charge in [0.1, 0.15) is 30.0 Å². The van der Waals surface area contributed by atoms with Gasteiger partial charge in [0.2, 0.25) is 0 Å². The zero-order valence-corrected chi connectivity index (χ0v) is 24.1. The molecule has 0 aliphatic carbocycles. The van der Waals surface area contributed by atoms with Crippen molar-refractivity contribution in [1.82, 2.24) is 15.1 Å². The molecule has 2 amide bonds. The lowest BCUT2D eigenvalue weighted by Gasteiger charge is -2.30. The monoisotopic (exact) mass is 579 g/mol. The fourth-order valence-electron chi connectivity index (χ4n) is 4.45. The summed E-state index contributed by atoms with van der Waals surface area (Å²) in [7, 11) is 5.53. The first-order chi connectivity index (χ1) is 19.3. The van der Waals surface area contributed by atoms with E-state index in [0.29, 0.717) is 46.1 Å². The molecule has 0 saturated carbocycles. The number of carbonyl (C=O) groups is 1. The first-order valence-corrected chi connectivity index (χ1v) is 13.6. The van der Waals surface area contributed by atoms with Crippen LogP contribution in [0.3, 0.4) is 0 Å². The van der Waals surface area contributed by atoms with E-state index < -0.39 is 12.1 Å². The Labute approximate surface area is 244 Å². The van der Waals surface area contributed by atoms with Gasteiger partial charge in [-0.15, -0.1) is 0 Å². The van der Waals surface area contributed by atoms with E-state index in [9.17, 15) is 4.79 Å². The average Bonchev–Trinajstić information content (AvgIpc) is 3.34. The van der Waals surface area contributed by atoms with Crippen LogP contribution in [-0.2, 0) is 0 Å². The van der Waals surface area contributed by atoms with Crippen LogP contribution in [0.4, 0.5) is 4.79 Å². The number of methoxy groups -OCH3 is 1. The van der Waals surface area contributed by atoms with Gasteiger partial charge in [-0.25, -0.2) is 4.79 Å². The van der Waals surface area contributed by atoms with Gasteiger partial charge in [-0.05, 0) is 61.6 Å². The van der Waals surface area contributed by atoms with E-state index in [-0.39, 0.29) is 19.0 Å². The van der Waals surface area contributed by atoms with Gasteiger partial charge in [0.05, 0.1) is 31.2 Å². The molecule has 0 unspecified atom stereocenters. The summed E-state index contributed by atoms with van der Waals surface area (Å²) in [5.41, 5.74) is 2.38. The Bertz CT molecular complexity index is 1390. The molecule has 3 aromatic rings. The number of likely N-dealkylation sites (N-methyl/N-ethyl adjacent to an activating group) is 1. The van der Waals surface area contributed by atoms with E-state index in [1.807, 2.05) is 67.5 Å². The summed E-state index contributed by atoms with van der Waals surface area (Å²) in [5, 5.41) is 13.1. The molecule has 0 aromatic heterocycles. The van der Waals surface area contributed by atoms with Gasteiger partial charge in [-0.2, -0.15) is 5.26 Å². The van der Waals surface area contributed by atoms with E-state index in [2.05, 4.69) is 11.4 Å². The number of benzene rings is 3. The van der Waals surface area contributed by atoms with Gasteiger partial charge in [0, 0.05) is 29.2 Å². The van der Waals surface area contributed by atoms with Crippen LogP contribution in [0.2, 0.25) is 10.0 Å². The lowest BCUT2D eigenvalue weighted by Crippen LogP contribution is -2.44. The van der Waals surface area contributed by atoms with E-state index >= 15 is 0 Å². The Morgan fingerprint density at radius 3 is 2.30 bits per heavy atom. The van der Waals surface area contributed by atoms with Crippen LogP contribution in [0.5, 0.6) is 11.5 Å². The minimum atomic E-state index is -0.507. The van der Waals surface area contributed by atoms with Crippen LogP contribution in [0.15, 0.2) is 71.7 Å². The number of hydrogen-bond acceptors (Lipinski definition) is 6. The molecule has 1 heterocycles. The number of halogens is 2. The van der Waals surface area contributed by atoms with Crippen molar-refractivity contribution in [3.05, 3.63) is 93.5 Å². The van der Waals surface area contributed by atoms with Crippen LogP contribution in [0, 0.1) is 11.3 Å². The molecule has 0 fully saturated rings. The van der Waals surface area contributed by atoms with Crippen molar-refractivity contribution in [2.45, 2.75) is 18.5 Å². The maximum atomic E-state index is 13.8. The van der Waals surface area contributed by atoms with E-state index in [1.54, 1.807) is 30.2 Å². The molecule has 0 saturated heterocycles. The van der Waals surface area contributed by atoms with Crippen molar-refractivity contribution in [2.75, 3.05) is 40.9 Å². The molecule has 0 spiro atoms. The Balaban J connectivity index is 1.87. The van der Waals surface area contributed by atoms with Crippen LogP contribution >= 0.6 is 23.2 Å². The van der Waals surface area contributed by atoms with Gasteiger partial charge in [0.25, 0.3) is 0 Å². The van der Waals surface area contributed by atoms with Crippen LogP contribution in [0.1, 0.15) is 35.2 Å². The minimum Gasteiger partial charge on any atom is -0.497 e. The highest BCUT2D eigenvalue weighted by Gasteiger charge is 2.43. The van der Waals surface area contributed by atoms with Crippen molar-refractivity contribution in [3.8, 4) is 17.6 Å². The zero-order valence-electron chi connectivity index (χ0n) is 22.6. The lowest BCUT2D eigenvalue weighted by molar-refractivity contribution is 0.208. The van der Waals surface area contributed by atoms with Gasteiger partial charge in [-0.1, -0.05) is 47.5 Å². The maximum absolute atomic E-state index is 13.8. The molecule has 4 rings (SSSR count). The van der Waals surface area contributed by atoms with Crippen molar-refractivity contribution in [2.24, 2.45) is 4.99 Å². The fourth-order valence-corrected chi connectivity index (χ4v) is 4.70. The molecular formula is C30H31Cl2N5O3. The molecule has 3 aromatic carbocycles. The fraction of sp³-hybridized carbons (Fsp3) is 0.300. The SMILES string of the molecule is COc1ccc(C2=N[C@H](c3ccc(Cl)cc3)[C@H](c3ccc(Cl)cc3)N2C(=O)NCCC#N)c(OCCN(C)C)c1. The summed E-state index contributed by atoms with van der Waals surface area (Å²) in [5.74, 6) is 1.61. The number of amidine groups is 1. The van der Waals surface area contributed by atoms with Crippen molar-refractivity contribution >= 4 is 35.1 Å². The topological polar surface area (TPSA) is 90.2 Å². The Morgan fingerprint density at radius 2 is 1.70 bits per heavy atom. The average molecular weight is 581 g/mol. The van der Waals surface area contributed by atoms with Crippen molar-refractivity contribution < 1.29 is 14.3 Å². The molecule has 0 bridgehead atoms. The third-order valence-corrected chi connectivity index (χ3v) is 6.95. The van der Waals surface area contributed by atoms with E-state index in [0.717, 1.165) is 11.1 Å². The zero-order chi connectivity index (χ0) is 28.6. The first kappa shape index (κ1) is 29.2. The lowest BCUT2D eigenvalue weighted by atomic mass is 9.94. The molecule has 1 aliphatic heterocycles. The molecule has 2 atom stereocenters. The summed E-state index contributed by atoms with van der Waals surface area (Å²) in [6.07, 6.45) is 0.180. The number of hydrogen-bond donors (Lipinski definition) is 1. The van der Waals surface area contributed by atoms with Gasteiger partial charge in [0.15, 0.2) is 0 Å². The quantitative estimate of drug-likeness (QED) is 0.292. The Hall–Kier alpha value is -3.77. The Morgan fingerprint density at radius 1 is 1.05 bits per heavy atom. The van der Waals surface area contributed by atoms with E-state index in [4.69, 9.17) is 42.9 Å². The largest absolute Gasteiger partial charge is 0.497 e. The molecule has 0 radical (unpaired) electrons. The predicted octanol–water partition coefficient (Wildman–Crippen LogP) is 6.11. The summed E-state index contributed by atoms with van der Waals surface area (Å²) in [6, 6.07) is 21.0. The number of ether oxygens (including phenoxy) is 2. The summed E-state index contributed by atoms with van der Waals surface area (Å²) >= 11 is 12.4. The summed E-state index contributed by atoms with van der Waals surface area (Å²) in [6.45, 7) is 1.32. The summed E-state index contributed by atoms with van der Waals surface area (Å²) in [4.78, 5) is 22.6. The first-order valence-electron chi connectivity index (χ1n) is 12.8. The van der Waals surface area contributed by atoms with Crippen molar-refractivity contribution in [1.29, 1.82) is 5.26 Å². The maximum Gasteiger partial charge on any atom is 0.323 e. The third kappa shape index (κ3) is 6.86. The third-order valence-electron chi connectivity index (χ3n) is 6.45. The minimum absolute atomic E-state index is 0.180. The molecule has 1 N–H and O–H groups in total. The van der Waals surface area contributed by atoms with E-state index in [1.165, 1.54) is 0 Å². The second-order valence-corrected chi connectivity index (χ2v) is 10.3. The number of urea groups is 1. The molecule has 1 aliphatic rings. The molecular weight excluding hydrogens is 549 g/mol. The highest BCUT2D eigenvalue weighted by molar-refractivity contribution is 6.30. The number of carbonyl (C=O) groups excluding carboxylic acids is 1. The number of nitriles is 1. The number of rotatable bonds is 10. The number of amides is 2. The number of nitrogens with one attached hydrogen (secondary N) is 1. The predicted molar refractivity (Wildman–Crippen MR) is 157 cm³/mol. The standard InChI is InChI=1S/C30H31Cl2N5O3/c1-36(2)17-18-40-26-19-24(39-3)13-14-25(26)29-35-27(20-5-9-22(31)10-6-20)28(21-7-11-23(32)12-8-21)37(29)30(38)34-16-4-15-33/h5-14,19,27-28H,4,16-18H2,1-3H3,(H,34,38)/t27-,28+/m1/s1. The molecule has 8 nitrogen and oxygen atoms in total. The van der Waals surface area contributed by atoms with Crippen LogP contribution in [0.25, 0.3) is 0 Å². The number of nitrogens with zero attached hydrogens (tertiary/aromatic N) is 4. The highest BCUT2D eigenvalue weighted by atomic mass is 35.5. The Kier molecular flexibility index (Phi) is 9.88. The number of aliphatic imine (C=N–C) groups is 1. The second kappa shape index (κ2) is 13.5. The van der Waals surface area contributed by atoms with Crippen LogP contribution < -0.4 is 14.8 Å². The van der Waals surface area contributed by atoms with Crippen molar-refractivity contribution in [3.63, 3.8) is 0 Å². The summed E-state index contributed by atoms with van der Waals surface area (Å²) < 4.78 is 11.7. The van der Waals surface area contributed by atoms with Gasteiger partial charge >= 0.3 is 6.03 Å². The van der Waals surface area contributed by atoms with Crippen LogP contribution in [-0.4, -0.2) is 62.6 Å². The van der Waals surface area contributed by atoms with Gasteiger partial charge in [-0.3, -0.25) is 9.89 Å². The second-order valence-electron chi connectivity index (χ2n) is 9.47. The molecule has 208 valence electrons.